The molecule has 1 heterocycles. The van der Waals surface area contributed by atoms with Crippen molar-refractivity contribution in [3.05, 3.63) is 11.2 Å². The predicted molar refractivity (Wildman–Crippen MR) is 65.6 cm³/mol. The lowest BCUT2D eigenvalue weighted by Crippen LogP contribution is -2.33. The number of nitrogens with zero attached hydrogens (tertiary/aromatic N) is 3. The van der Waals surface area contributed by atoms with E-state index < -0.39 is 0 Å². The van der Waals surface area contributed by atoms with Gasteiger partial charge in [-0.05, 0) is 20.3 Å². The molecule has 0 unspecified atom stereocenters. The molecule has 1 aromatic heterocycles. The van der Waals surface area contributed by atoms with Gasteiger partial charge in [0.05, 0.1) is 0 Å². The third-order valence-corrected chi connectivity index (χ3v) is 2.37. The first-order valence-corrected chi connectivity index (χ1v) is 5.60. The van der Waals surface area contributed by atoms with Gasteiger partial charge in [-0.1, -0.05) is 11.6 Å². The molecule has 0 amide bonds. The van der Waals surface area contributed by atoms with Crippen LogP contribution in [0.1, 0.15) is 20.3 Å². The van der Waals surface area contributed by atoms with Gasteiger partial charge in [-0.2, -0.15) is 4.98 Å². The molecule has 0 fully saturated rings. The number of nitrogens with two attached hydrogens (primary N) is 1. The summed E-state index contributed by atoms with van der Waals surface area (Å²) < 4.78 is 0. The Hall–Kier alpha value is -1.07. The molecule has 3 N–H and O–H groups in total. The topological polar surface area (TPSA) is 75.3 Å². The van der Waals surface area contributed by atoms with E-state index in [0.717, 1.165) is 0 Å². The van der Waals surface area contributed by atoms with E-state index in [4.69, 9.17) is 22.4 Å². The third kappa shape index (κ3) is 3.50. The monoisotopic (exact) mass is 244 g/mol. The first-order valence-electron chi connectivity index (χ1n) is 5.22. The van der Waals surface area contributed by atoms with Crippen LogP contribution in [0.3, 0.4) is 0 Å². The van der Waals surface area contributed by atoms with E-state index in [-0.39, 0.29) is 18.6 Å². The molecule has 0 saturated carbocycles. The van der Waals surface area contributed by atoms with Crippen LogP contribution in [0, 0.1) is 0 Å². The Labute approximate surface area is 100 Å². The Morgan fingerprint density at radius 3 is 2.69 bits per heavy atom. The number of anilines is 2. The maximum absolute atomic E-state index is 8.84. The summed E-state index contributed by atoms with van der Waals surface area (Å²) in [6, 6.07) is 1.94. The molecular formula is C10H17ClN4O. The average Bonchev–Trinajstić information content (AvgIpc) is 2.16. The lowest BCUT2D eigenvalue weighted by atomic mass is 10.3. The zero-order valence-electron chi connectivity index (χ0n) is 9.52. The van der Waals surface area contributed by atoms with Crippen LogP contribution >= 0.6 is 11.6 Å². The zero-order chi connectivity index (χ0) is 12.1. The highest BCUT2D eigenvalue weighted by Gasteiger charge is 2.13. The van der Waals surface area contributed by atoms with Gasteiger partial charge in [0.1, 0.15) is 11.0 Å². The van der Waals surface area contributed by atoms with Crippen molar-refractivity contribution < 1.29 is 5.11 Å². The van der Waals surface area contributed by atoms with Crippen molar-refractivity contribution in [2.24, 2.45) is 0 Å². The molecule has 1 aromatic rings. The number of rotatable bonds is 5. The van der Waals surface area contributed by atoms with E-state index in [1.54, 1.807) is 6.07 Å². The Morgan fingerprint density at radius 1 is 1.50 bits per heavy atom. The molecule has 16 heavy (non-hydrogen) atoms. The summed E-state index contributed by atoms with van der Waals surface area (Å²) in [6.45, 7) is 4.95. The van der Waals surface area contributed by atoms with E-state index in [2.05, 4.69) is 9.97 Å². The van der Waals surface area contributed by atoms with Crippen molar-refractivity contribution in [1.29, 1.82) is 0 Å². The first-order chi connectivity index (χ1) is 7.54. The summed E-state index contributed by atoms with van der Waals surface area (Å²) in [5, 5.41) is 9.17. The number of aliphatic hydroxyl groups excluding tert-OH is 1. The average molecular weight is 245 g/mol. The van der Waals surface area contributed by atoms with E-state index in [0.29, 0.717) is 23.9 Å². The number of nitrogen functional groups attached to an aromatic ring is 1. The summed E-state index contributed by atoms with van der Waals surface area (Å²) >= 11 is 5.83. The number of hydrogen-bond acceptors (Lipinski definition) is 5. The predicted octanol–water partition coefficient (Wildman–Crippen LogP) is 1.31. The Balaban J connectivity index is 2.91. The summed E-state index contributed by atoms with van der Waals surface area (Å²) in [4.78, 5) is 9.98. The smallest absolute Gasteiger partial charge is 0.223 e. The normalized spacial score (nSPS) is 10.8. The van der Waals surface area contributed by atoms with Crippen LogP contribution in [0.2, 0.25) is 5.15 Å². The van der Waals surface area contributed by atoms with Gasteiger partial charge in [0, 0.05) is 25.3 Å². The van der Waals surface area contributed by atoms with Crippen LogP contribution in [0.15, 0.2) is 6.07 Å². The van der Waals surface area contributed by atoms with Crippen LogP contribution < -0.4 is 10.6 Å². The van der Waals surface area contributed by atoms with Gasteiger partial charge >= 0.3 is 0 Å². The Bertz CT molecular complexity index is 325. The second kappa shape index (κ2) is 5.86. The van der Waals surface area contributed by atoms with Gasteiger partial charge in [-0.25, -0.2) is 4.98 Å². The van der Waals surface area contributed by atoms with Crippen LogP contribution in [0.25, 0.3) is 0 Å². The van der Waals surface area contributed by atoms with Crippen LogP contribution in [-0.4, -0.2) is 34.3 Å². The van der Waals surface area contributed by atoms with Gasteiger partial charge < -0.3 is 15.7 Å². The second-order valence-electron chi connectivity index (χ2n) is 3.77. The molecular weight excluding hydrogens is 228 g/mol. The summed E-state index contributed by atoms with van der Waals surface area (Å²) in [5.41, 5.74) is 5.54. The zero-order valence-corrected chi connectivity index (χ0v) is 10.3. The summed E-state index contributed by atoms with van der Waals surface area (Å²) in [6.07, 6.45) is 0.680. The van der Waals surface area contributed by atoms with Crippen molar-refractivity contribution >= 4 is 23.4 Å². The fourth-order valence-corrected chi connectivity index (χ4v) is 1.63. The van der Waals surface area contributed by atoms with E-state index in [9.17, 15) is 0 Å². The fourth-order valence-electron chi connectivity index (χ4n) is 1.45. The highest BCUT2D eigenvalue weighted by atomic mass is 35.5. The van der Waals surface area contributed by atoms with Crippen molar-refractivity contribution in [2.45, 2.75) is 26.3 Å². The highest BCUT2D eigenvalue weighted by molar-refractivity contribution is 6.29. The number of hydrogen-bond donors (Lipinski definition) is 2. The molecule has 5 nitrogen and oxygen atoms in total. The van der Waals surface area contributed by atoms with Crippen LogP contribution in [-0.2, 0) is 0 Å². The largest absolute Gasteiger partial charge is 0.396 e. The molecule has 6 heteroatoms. The number of aliphatic hydroxyl groups is 1. The maximum atomic E-state index is 8.84. The minimum atomic E-state index is 0.150. The van der Waals surface area contributed by atoms with Crippen molar-refractivity contribution in [3.8, 4) is 0 Å². The van der Waals surface area contributed by atoms with Gasteiger partial charge in [0.2, 0.25) is 5.95 Å². The van der Waals surface area contributed by atoms with E-state index in [1.165, 1.54) is 0 Å². The lowest BCUT2D eigenvalue weighted by molar-refractivity contribution is 0.288. The van der Waals surface area contributed by atoms with Gasteiger partial charge in [0.15, 0.2) is 0 Å². The van der Waals surface area contributed by atoms with Gasteiger partial charge in [-0.3, -0.25) is 0 Å². The van der Waals surface area contributed by atoms with Gasteiger partial charge in [0.25, 0.3) is 0 Å². The molecule has 0 aliphatic heterocycles. The first kappa shape index (κ1) is 13.0. The Morgan fingerprint density at radius 2 is 2.19 bits per heavy atom. The second-order valence-corrected chi connectivity index (χ2v) is 4.16. The number of halogens is 1. The fraction of sp³-hybridized carbons (Fsp3) is 0.600. The quantitative estimate of drug-likeness (QED) is 0.764. The molecule has 0 atom stereocenters. The minimum absolute atomic E-state index is 0.150. The molecule has 0 spiro atoms. The van der Waals surface area contributed by atoms with Crippen LogP contribution in [0.5, 0.6) is 0 Å². The highest BCUT2D eigenvalue weighted by Crippen LogP contribution is 2.19. The lowest BCUT2D eigenvalue weighted by Gasteiger charge is -2.27. The minimum Gasteiger partial charge on any atom is -0.396 e. The van der Waals surface area contributed by atoms with Crippen LogP contribution in [0.4, 0.5) is 11.8 Å². The molecule has 0 aliphatic rings. The molecule has 0 bridgehead atoms. The standard InChI is InChI=1S/C10H17ClN4O/c1-7(2)15(4-3-5-16)9-6-8(11)13-10(12)14-9/h6-7,16H,3-5H2,1-2H3,(H2,12,13,14). The van der Waals surface area contributed by atoms with E-state index in [1.807, 2.05) is 18.7 Å². The van der Waals surface area contributed by atoms with E-state index >= 15 is 0 Å². The molecule has 1 rings (SSSR count). The third-order valence-electron chi connectivity index (χ3n) is 2.17. The summed E-state index contributed by atoms with van der Waals surface area (Å²) in [7, 11) is 0. The Kier molecular flexibility index (Phi) is 4.76. The van der Waals surface area contributed by atoms with Crippen molar-refractivity contribution in [1.82, 2.24) is 9.97 Å². The molecule has 90 valence electrons. The molecule has 0 radical (unpaired) electrons. The molecule has 0 saturated heterocycles. The molecule has 0 aromatic carbocycles. The van der Waals surface area contributed by atoms with Crippen molar-refractivity contribution in [3.63, 3.8) is 0 Å². The molecule has 0 aliphatic carbocycles. The maximum Gasteiger partial charge on any atom is 0.223 e. The van der Waals surface area contributed by atoms with Gasteiger partial charge in [-0.15, -0.1) is 0 Å². The SMILES string of the molecule is CC(C)N(CCCO)c1cc(Cl)nc(N)n1. The summed E-state index contributed by atoms with van der Waals surface area (Å²) in [5.74, 6) is 0.859. The number of aromatic nitrogens is 2. The van der Waals surface area contributed by atoms with Crippen molar-refractivity contribution in [2.75, 3.05) is 23.8 Å².